The number of fused-ring (bicyclic) bond motifs is 1. The average Bonchev–Trinajstić information content (AvgIpc) is 3.61. The molecule has 1 aliphatic rings. The van der Waals surface area contributed by atoms with Gasteiger partial charge in [-0.1, -0.05) is 62.3 Å². The fourth-order valence-electron chi connectivity index (χ4n) is 4.61. The van der Waals surface area contributed by atoms with E-state index in [4.69, 9.17) is 19.4 Å². The van der Waals surface area contributed by atoms with E-state index >= 15 is 0 Å². The lowest BCUT2D eigenvalue weighted by Crippen LogP contribution is -2.33. The first kappa shape index (κ1) is 51.2. The molecule has 1 aliphatic heterocycles. The summed E-state index contributed by atoms with van der Waals surface area (Å²) in [4.78, 5) is 46.8. The number of thiazole rings is 1. The fraction of sp³-hybridized carbons (Fsp3) is 0.767. The molecule has 6 N–H and O–H groups in total. The molecule has 0 amide bonds. The van der Waals surface area contributed by atoms with Crippen LogP contribution in [0.15, 0.2) is 18.2 Å². The number of hydrogen-bond donors (Lipinski definition) is 6. The summed E-state index contributed by atoms with van der Waals surface area (Å²) in [7, 11) is -16.7. The lowest BCUT2D eigenvalue weighted by molar-refractivity contribution is -0.0222. The van der Waals surface area contributed by atoms with Crippen molar-refractivity contribution < 1.29 is 65.8 Å². The Morgan fingerprint density at radius 2 is 1.17 bits per heavy atom. The van der Waals surface area contributed by atoms with Crippen molar-refractivity contribution in [3.8, 4) is 0 Å². The van der Waals surface area contributed by atoms with Gasteiger partial charge in [0, 0.05) is 6.07 Å². The molecule has 1 aromatic carbocycles. The fourth-order valence-corrected chi connectivity index (χ4v) is 8.67. The summed E-state index contributed by atoms with van der Waals surface area (Å²) in [5, 5.41) is 20.5. The van der Waals surface area contributed by atoms with Crippen molar-refractivity contribution in [1.29, 1.82) is 0 Å². The van der Waals surface area contributed by atoms with E-state index in [-0.39, 0.29) is 10.5 Å². The van der Waals surface area contributed by atoms with Crippen molar-refractivity contribution in [2.45, 2.75) is 86.7 Å². The van der Waals surface area contributed by atoms with Crippen LogP contribution in [0, 0.1) is 5.82 Å². The zero-order valence-corrected chi connectivity index (χ0v) is 35.1. The highest BCUT2D eigenvalue weighted by molar-refractivity contribution is 7.66. The number of phosphoric acid groups is 3. The Hall–Kier alpha value is -0.790. The van der Waals surface area contributed by atoms with Gasteiger partial charge in [0.05, 0.1) is 16.8 Å². The third-order valence-corrected chi connectivity index (χ3v) is 12.7. The molecule has 0 saturated carbocycles. The van der Waals surface area contributed by atoms with Gasteiger partial charge >= 0.3 is 23.5 Å². The minimum atomic E-state index is -5.70. The number of hydrogen-bond acceptors (Lipinski definition) is 14. The van der Waals surface area contributed by atoms with E-state index in [0.29, 0.717) is 4.70 Å². The summed E-state index contributed by atoms with van der Waals surface area (Å²) >= 11 is 1.04. The first-order chi connectivity index (χ1) is 24.2. The normalized spacial score (nSPS) is 21.1. The summed E-state index contributed by atoms with van der Waals surface area (Å²) in [5.74, 6) is -0.536. The molecular weight excluding hydrogens is 768 g/mol. The number of aromatic nitrogens is 1. The van der Waals surface area contributed by atoms with Gasteiger partial charge in [-0.3, -0.25) is 4.52 Å². The highest BCUT2D eigenvalue weighted by Crippen LogP contribution is 2.66. The molecule has 306 valence electrons. The van der Waals surface area contributed by atoms with Crippen LogP contribution in [0.4, 0.5) is 4.39 Å². The van der Waals surface area contributed by atoms with Gasteiger partial charge < -0.3 is 49.2 Å². The van der Waals surface area contributed by atoms with Gasteiger partial charge in [0.2, 0.25) is 0 Å². The zero-order valence-electron chi connectivity index (χ0n) is 31.6. The summed E-state index contributed by atoms with van der Waals surface area (Å²) in [6.07, 6.45) is -5.85. The van der Waals surface area contributed by atoms with Crippen LogP contribution < -0.4 is 0 Å². The lowest BCUT2D eigenvalue weighted by Gasteiger charge is -2.19. The topological polar surface area (TPSA) is 232 Å². The van der Waals surface area contributed by atoms with Crippen LogP contribution in [0.2, 0.25) is 0 Å². The quantitative estimate of drug-likeness (QED) is 0.115. The second kappa shape index (κ2) is 25.4. The summed E-state index contributed by atoms with van der Waals surface area (Å²) in [6, 6.07) is 3.81. The van der Waals surface area contributed by atoms with Crippen molar-refractivity contribution in [1.82, 2.24) is 19.7 Å². The van der Waals surface area contributed by atoms with Crippen LogP contribution in [0.3, 0.4) is 0 Å². The average molecular weight is 829 g/mol. The predicted octanol–water partition coefficient (Wildman–Crippen LogP) is 4.98. The number of benzene rings is 1. The van der Waals surface area contributed by atoms with Crippen LogP contribution in [0.1, 0.15) is 73.4 Å². The molecular formula is C30H60FN4O13P3S. The maximum absolute atomic E-state index is 13.3. The van der Waals surface area contributed by atoms with Crippen LogP contribution in [-0.2, 0) is 31.6 Å². The van der Waals surface area contributed by atoms with Crippen molar-refractivity contribution in [2.24, 2.45) is 0 Å². The summed E-state index contributed by atoms with van der Waals surface area (Å²) in [5.41, 5.74) is 0.280. The molecule has 0 radical (unpaired) electrons. The monoisotopic (exact) mass is 828 g/mol. The number of aliphatic hydroxyl groups excluding tert-OH is 2. The number of ether oxygens (including phenoxy) is 1. The van der Waals surface area contributed by atoms with E-state index in [1.54, 1.807) is 0 Å². The van der Waals surface area contributed by atoms with Crippen molar-refractivity contribution in [3.05, 3.63) is 29.0 Å². The van der Waals surface area contributed by atoms with E-state index < -0.39 is 60.3 Å². The van der Waals surface area contributed by atoms with Gasteiger partial charge in [0.1, 0.15) is 35.2 Å². The standard InChI is InChI=1S/C12H15FNO13P3S.3C6H15N/c13-5-1-2-8-6(3-5)14-12(31-8)11-10(16)9(15)7(25-11)4-24-29(20,21)27-30(22,23)26-28(17,18)19;3*1-4-7(5-2)6-3/h1-3,7,9-11,15-16H,4H2,(H,20,21)(H,22,23)(H2,17,18,19);3*4-6H2,1-3H3/t7-,9-,10-,11-;;;/m1.../s1. The SMILES string of the molecule is CCN(CC)CC.CCN(CC)CC.CCN(CC)CC.O=P(O)(O)OP(=O)(O)OP(=O)(O)OC[C@H]1O[C@@H](c2nc3cc(F)ccc3s2)[C@H](O)[C@@H]1O. The Kier molecular flexibility index (Phi) is 25.0. The largest absolute Gasteiger partial charge is 0.490 e. The van der Waals surface area contributed by atoms with Crippen molar-refractivity contribution in [2.75, 3.05) is 65.5 Å². The van der Waals surface area contributed by atoms with Gasteiger partial charge in [-0.2, -0.15) is 8.62 Å². The number of aliphatic hydroxyl groups is 2. The molecule has 3 rings (SSSR count). The zero-order chi connectivity index (χ0) is 40.3. The van der Waals surface area contributed by atoms with Crippen LogP contribution in [0.5, 0.6) is 0 Å². The number of phosphoric ester groups is 1. The molecule has 2 unspecified atom stereocenters. The lowest BCUT2D eigenvalue weighted by atomic mass is 10.1. The van der Waals surface area contributed by atoms with Crippen LogP contribution in [-0.4, -0.2) is 133 Å². The van der Waals surface area contributed by atoms with E-state index in [9.17, 15) is 33.2 Å². The van der Waals surface area contributed by atoms with E-state index in [0.717, 1.165) is 17.4 Å². The van der Waals surface area contributed by atoms with E-state index in [2.05, 4.69) is 95.1 Å². The van der Waals surface area contributed by atoms with E-state index in [1.807, 2.05) is 0 Å². The molecule has 0 bridgehead atoms. The van der Waals surface area contributed by atoms with Crippen LogP contribution >= 0.6 is 34.8 Å². The van der Waals surface area contributed by atoms with Crippen molar-refractivity contribution in [3.63, 3.8) is 0 Å². The molecule has 1 aromatic heterocycles. The van der Waals surface area contributed by atoms with Crippen LogP contribution in [0.25, 0.3) is 10.2 Å². The molecule has 22 heteroatoms. The summed E-state index contributed by atoms with van der Waals surface area (Å²) in [6.45, 7) is 29.4. The second-order valence-electron chi connectivity index (χ2n) is 11.0. The molecule has 0 aliphatic carbocycles. The molecule has 0 spiro atoms. The third-order valence-electron chi connectivity index (χ3n) is 7.81. The van der Waals surface area contributed by atoms with Gasteiger partial charge in [-0.05, 0) is 71.0 Å². The summed E-state index contributed by atoms with van der Waals surface area (Å²) < 4.78 is 64.5. The Morgan fingerprint density at radius 3 is 1.56 bits per heavy atom. The van der Waals surface area contributed by atoms with Gasteiger partial charge in [-0.25, -0.2) is 23.1 Å². The molecule has 2 aromatic rings. The highest BCUT2D eigenvalue weighted by Gasteiger charge is 2.47. The van der Waals surface area contributed by atoms with E-state index in [1.165, 1.54) is 71.0 Å². The van der Waals surface area contributed by atoms with Gasteiger partial charge in [0.15, 0.2) is 0 Å². The molecule has 1 saturated heterocycles. The maximum atomic E-state index is 13.3. The molecule has 2 heterocycles. The Bertz CT molecular complexity index is 1370. The van der Waals surface area contributed by atoms with Gasteiger partial charge in [-0.15, -0.1) is 11.3 Å². The Balaban J connectivity index is 0.00000101. The smallest absolute Gasteiger partial charge is 0.387 e. The Labute approximate surface area is 311 Å². The second-order valence-corrected chi connectivity index (χ2v) is 16.5. The molecule has 1 fully saturated rings. The van der Waals surface area contributed by atoms with Crippen molar-refractivity contribution >= 4 is 45.0 Å². The predicted molar refractivity (Wildman–Crippen MR) is 199 cm³/mol. The minimum Gasteiger partial charge on any atom is -0.387 e. The minimum absolute atomic E-state index is 0.174. The number of halogens is 1. The number of nitrogens with zero attached hydrogens (tertiary/aromatic N) is 4. The number of rotatable bonds is 17. The molecule has 17 nitrogen and oxygen atoms in total. The first-order valence-electron chi connectivity index (χ1n) is 17.2. The first-order valence-corrected chi connectivity index (χ1v) is 22.6. The third kappa shape index (κ3) is 19.7. The van der Waals surface area contributed by atoms with Gasteiger partial charge in [0.25, 0.3) is 0 Å². The Morgan fingerprint density at radius 1 is 0.731 bits per heavy atom. The highest BCUT2D eigenvalue weighted by atomic mass is 32.1. The maximum Gasteiger partial charge on any atom is 0.490 e. The molecule has 6 atom stereocenters. The molecule has 52 heavy (non-hydrogen) atoms.